The molecule has 7 amide bonds. The summed E-state index contributed by atoms with van der Waals surface area (Å²) < 4.78 is -1.20. The average molecular weight is 612 g/mol. The van der Waals surface area contributed by atoms with Gasteiger partial charge in [-0.2, -0.15) is 0 Å². The summed E-state index contributed by atoms with van der Waals surface area (Å²) in [5.41, 5.74) is 0. The summed E-state index contributed by atoms with van der Waals surface area (Å²) in [6, 6.07) is 0. The molecule has 238 valence electrons. The Balaban J connectivity index is 0.000000519. The van der Waals surface area contributed by atoms with E-state index in [0.29, 0.717) is 17.9 Å². The molecule has 1 atom stereocenters. The summed E-state index contributed by atoms with van der Waals surface area (Å²) >= 11 is 0. The van der Waals surface area contributed by atoms with Crippen molar-refractivity contribution in [2.75, 3.05) is 6.54 Å². The van der Waals surface area contributed by atoms with E-state index >= 15 is 0 Å². The molecule has 0 spiro atoms. The third-order valence-corrected chi connectivity index (χ3v) is 6.59. The van der Waals surface area contributed by atoms with Crippen LogP contribution in [-0.4, -0.2) is 86.1 Å². The molecule has 1 unspecified atom stereocenters. The molecule has 0 aromatic heterocycles. The van der Waals surface area contributed by atoms with E-state index in [4.69, 9.17) is 4.84 Å². The molecule has 0 saturated carbocycles. The van der Waals surface area contributed by atoms with Gasteiger partial charge in [-0.05, 0) is 12.8 Å². The lowest BCUT2D eigenvalue weighted by Crippen LogP contribution is -2.64. The number of carbonyl (C=O) groups excluding carboxylic acids is 9. The quantitative estimate of drug-likeness (QED) is 0.216. The molecule has 2 saturated heterocycles. The van der Waals surface area contributed by atoms with Crippen molar-refractivity contribution in [3.63, 3.8) is 0 Å². The maximum atomic E-state index is 12.4. The fourth-order valence-corrected chi connectivity index (χ4v) is 4.21. The minimum Gasteiger partial charge on any atom is -0.412 e. The van der Waals surface area contributed by atoms with Crippen LogP contribution in [0.25, 0.3) is 0 Å². The summed E-state index contributed by atoms with van der Waals surface area (Å²) in [5, 5.41) is 3.06. The van der Waals surface area contributed by atoms with Crippen LogP contribution in [-0.2, 0) is 52.8 Å². The molecule has 43 heavy (non-hydrogen) atoms. The minimum atomic E-state index is -1.20. The van der Waals surface area contributed by atoms with Crippen molar-refractivity contribution in [3.8, 4) is 0 Å². The molecule has 3 N–H and O–H groups in total. The second-order valence-corrected chi connectivity index (χ2v) is 9.82. The zero-order valence-corrected chi connectivity index (χ0v) is 24.5. The van der Waals surface area contributed by atoms with Gasteiger partial charge in [0.2, 0.25) is 12.1 Å². The third kappa shape index (κ3) is 9.61. The van der Waals surface area contributed by atoms with Crippen LogP contribution >= 0.6 is 0 Å². The number of hydrogen-bond acceptors (Lipinski definition) is 11. The second kappa shape index (κ2) is 17.0. The van der Waals surface area contributed by atoms with Crippen LogP contribution in [0.5, 0.6) is 0 Å². The van der Waals surface area contributed by atoms with E-state index in [1.807, 2.05) is 13.8 Å². The van der Waals surface area contributed by atoms with Crippen molar-refractivity contribution >= 4 is 53.3 Å². The predicted molar refractivity (Wildman–Crippen MR) is 144 cm³/mol. The van der Waals surface area contributed by atoms with Gasteiger partial charge in [0.25, 0.3) is 23.6 Å². The summed E-state index contributed by atoms with van der Waals surface area (Å²) in [6.45, 7) is 5.10. The van der Waals surface area contributed by atoms with Crippen molar-refractivity contribution < 1.29 is 62.9 Å². The van der Waals surface area contributed by atoms with Gasteiger partial charge in [-0.15, -0.1) is 5.06 Å². The first-order valence-electron chi connectivity index (χ1n) is 13.9. The Labute approximate surface area is 248 Å². The van der Waals surface area contributed by atoms with E-state index in [1.54, 1.807) is 0 Å². The Bertz CT molecular complexity index is 1110. The van der Waals surface area contributed by atoms with Gasteiger partial charge in [0, 0.05) is 56.0 Å². The van der Waals surface area contributed by atoms with Crippen LogP contribution < -0.4 is 5.32 Å². The van der Waals surface area contributed by atoms with E-state index in [2.05, 4.69) is 10.2 Å². The number of nitrogens with one attached hydrogen (secondary N) is 1. The Morgan fingerprint density at radius 2 is 1.30 bits per heavy atom. The zero-order valence-electron chi connectivity index (χ0n) is 24.5. The lowest BCUT2D eigenvalue weighted by atomic mass is 10.2. The molecule has 0 aliphatic carbocycles. The minimum absolute atomic E-state index is 0. The van der Waals surface area contributed by atoms with E-state index in [9.17, 15) is 43.2 Å². The highest BCUT2D eigenvalue weighted by Gasteiger charge is 2.59. The fourth-order valence-electron chi connectivity index (χ4n) is 4.21. The number of hydrogen-bond donors (Lipinski definition) is 1. The summed E-state index contributed by atoms with van der Waals surface area (Å²) in [7, 11) is 0. The van der Waals surface area contributed by atoms with E-state index in [1.165, 1.54) is 6.92 Å². The molecular formula is C27H39N4O12+. The Morgan fingerprint density at radius 3 is 1.79 bits per heavy atom. The lowest BCUT2D eigenvalue weighted by molar-refractivity contribution is -0.978. The number of carbonyl (C=O) groups is 9. The molecule has 0 aromatic carbocycles. The highest BCUT2D eigenvalue weighted by molar-refractivity contribution is 6.13. The van der Waals surface area contributed by atoms with Crippen molar-refractivity contribution in [2.24, 2.45) is 0 Å². The molecular weight excluding hydrogens is 572 g/mol. The molecule has 3 aliphatic heterocycles. The largest absolute Gasteiger partial charge is 0.412 e. The highest BCUT2D eigenvalue weighted by atomic mass is 16.8. The van der Waals surface area contributed by atoms with Crippen molar-refractivity contribution in [1.29, 1.82) is 0 Å². The number of unbranched alkanes of at least 4 members (excludes halogenated alkanes) is 2. The number of quaternary nitrogens is 1. The van der Waals surface area contributed by atoms with Crippen LogP contribution in [0.1, 0.15) is 91.4 Å². The van der Waals surface area contributed by atoms with E-state index < -0.39 is 64.1 Å². The zero-order chi connectivity index (χ0) is 31.4. The van der Waals surface area contributed by atoms with Gasteiger partial charge in [-0.3, -0.25) is 33.7 Å². The summed E-state index contributed by atoms with van der Waals surface area (Å²) in [6.07, 6.45) is 4.17. The Morgan fingerprint density at radius 1 is 0.814 bits per heavy atom. The molecule has 0 radical (unpaired) electrons. The highest BCUT2D eigenvalue weighted by Crippen LogP contribution is 2.27. The SMILES string of the molecule is CCCCC(=O)ON1C(=O)CCC1=O.CCCCC(=O)O[N+]1(C(C)NC(=O)CCN2C(=O)C=CC2=O)C(=O)CCC1=O.O. The summed E-state index contributed by atoms with van der Waals surface area (Å²) in [4.78, 5) is 116. The van der Waals surface area contributed by atoms with Gasteiger partial charge in [0.1, 0.15) is 0 Å². The van der Waals surface area contributed by atoms with Crippen molar-refractivity contribution in [3.05, 3.63) is 12.2 Å². The Hall–Kier alpha value is -4.31. The topological polar surface area (TPSA) is 222 Å². The van der Waals surface area contributed by atoms with Crippen molar-refractivity contribution in [2.45, 2.75) is 97.6 Å². The summed E-state index contributed by atoms with van der Waals surface area (Å²) in [5.74, 6) is -4.88. The normalized spacial score (nSPS) is 17.8. The molecule has 0 aromatic rings. The molecule has 16 heteroatoms. The van der Waals surface area contributed by atoms with E-state index in [0.717, 1.165) is 29.9 Å². The molecule has 3 heterocycles. The lowest BCUT2D eigenvalue weighted by Gasteiger charge is -2.31. The van der Waals surface area contributed by atoms with Crippen LogP contribution in [0.4, 0.5) is 0 Å². The third-order valence-electron chi connectivity index (χ3n) is 6.59. The van der Waals surface area contributed by atoms with Gasteiger partial charge < -0.3 is 15.6 Å². The van der Waals surface area contributed by atoms with Crippen LogP contribution in [0, 0.1) is 0 Å². The number of likely N-dealkylation sites (tertiary alicyclic amines) is 1. The molecule has 3 aliphatic rings. The van der Waals surface area contributed by atoms with Gasteiger partial charge in [-0.1, -0.05) is 26.7 Å². The van der Waals surface area contributed by atoms with Crippen molar-refractivity contribution in [1.82, 2.24) is 15.3 Å². The number of nitrogens with zero attached hydrogens (tertiary/aromatic N) is 3. The first kappa shape index (κ1) is 36.7. The number of hydroxylamine groups is 5. The molecule has 3 rings (SSSR count). The smallest absolute Gasteiger partial charge is 0.368 e. The first-order valence-corrected chi connectivity index (χ1v) is 13.9. The predicted octanol–water partition coefficient (Wildman–Crippen LogP) is 0.0350. The standard InChI is InChI=1S/C18H23N3O7.C9H13NO4.H2O/c1-3-4-5-18(27)28-21(16(25)8-9-17(21)26)12(2)19-13(22)10-11-20-14(23)6-7-15(20)24;1-2-3-4-9(13)14-10-7(11)5-6-8(10)12;/h6-7,12H,3-5,8-11H2,1-2H3;2-6H2,1H3;1H2/p+1. The fraction of sp³-hybridized carbons (Fsp3) is 0.593. The monoisotopic (exact) mass is 611 g/mol. The van der Waals surface area contributed by atoms with Crippen LogP contribution in [0.2, 0.25) is 0 Å². The maximum absolute atomic E-state index is 12.4. The van der Waals surface area contributed by atoms with Crippen LogP contribution in [0.3, 0.4) is 0 Å². The average Bonchev–Trinajstić information content (AvgIpc) is 3.55. The number of amides is 7. The molecule has 16 nitrogen and oxygen atoms in total. The molecule has 0 bridgehead atoms. The number of imide groups is 3. The van der Waals surface area contributed by atoms with Crippen LogP contribution in [0.15, 0.2) is 12.2 Å². The maximum Gasteiger partial charge on any atom is 0.368 e. The first-order chi connectivity index (χ1) is 19.9. The van der Waals surface area contributed by atoms with E-state index in [-0.39, 0.29) is 57.0 Å². The van der Waals surface area contributed by atoms with Gasteiger partial charge >= 0.3 is 23.8 Å². The molecule has 2 fully saturated rings. The number of rotatable bonds is 13. The Kier molecular flexibility index (Phi) is 14.5. The van der Waals surface area contributed by atoms with Gasteiger partial charge in [0.05, 0.1) is 19.3 Å². The van der Waals surface area contributed by atoms with Gasteiger partial charge in [-0.25, -0.2) is 19.2 Å². The second-order valence-electron chi connectivity index (χ2n) is 9.82. The van der Waals surface area contributed by atoms with Gasteiger partial charge in [0.15, 0.2) is 0 Å².